The molecule has 230 valence electrons. The van der Waals surface area contributed by atoms with Gasteiger partial charge in [-0.2, -0.15) is 5.10 Å². The van der Waals surface area contributed by atoms with E-state index >= 15 is 0 Å². The van der Waals surface area contributed by atoms with Crippen LogP contribution in [0.1, 0.15) is 81.0 Å². The number of carbonyl (C=O) groups is 1. The number of aromatic nitrogens is 3. The van der Waals surface area contributed by atoms with Gasteiger partial charge in [-0.1, -0.05) is 56.1 Å². The zero-order chi connectivity index (χ0) is 29.1. The van der Waals surface area contributed by atoms with Gasteiger partial charge >= 0.3 is 0 Å². The molecular formula is C30H45ClN8O2S. The molecule has 4 aliphatic rings. The zero-order valence-corrected chi connectivity index (χ0v) is 26.1. The molecule has 4 N–H and O–H groups in total. The van der Waals surface area contributed by atoms with Gasteiger partial charge in [0.25, 0.3) is 5.91 Å². The molecule has 0 aromatic carbocycles. The number of hydrogen-bond donors (Lipinski definition) is 3. The second-order valence-corrected chi connectivity index (χ2v) is 14.6. The molecule has 1 spiro atoms. The van der Waals surface area contributed by atoms with Gasteiger partial charge in [0.1, 0.15) is 22.9 Å². The fourth-order valence-electron chi connectivity index (χ4n) is 7.48. The summed E-state index contributed by atoms with van der Waals surface area (Å²) in [5, 5.41) is 11.2. The molecule has 2 aromatic heterocycles. The maximum atomic E-state index is 13.9. The summed E-state index contributed by atoms with van der Waals surface area (Å²) in [5.74, 6) is 2.18. The first-order valence-electron chi connectivity index (χ1n) is 15.8. The third kappa shape index (κ3) is 6.07. The van der Waals surface area contributed by atoms with Crippen LogP contribution in [0.4, 0.5) is 23.0 Å². The number of pyridine rings is 1. The van der Waals surface area contributed by atoms with Crippen molar-refractivity contribution < 1.29 is 9.35 Å². The molecule has 0 radical (unpaired) electrons. The van der Waals surface area contributed by atoms with E-state index in [1.807, 2.05) is 10.7 Å². The lowest BCUT2D eigenvalue weighted by Gasteiger charge is -2.43. The fraction of sp³-hybridized carbons (Fsp3) is 0.700. The predicted molar refractivity (Wildman–Crippen MR) is 171 cm³/mol. The Bertz CT molecular complexity index is 1220. The van der Waals surface area contributed by atoms with Crippen LogP contribution in [0.5, 0.6) is 0 Å². The van der Waals surface area contributed by atoms with Crippen LogP contribution in [0.15, 0.2) is 18.5 Å². The van der Waals surface area contributed by atoms with E-state index in [0.29, 0.717) is 29.7 Å². The molecule has 1 saturated carbocycles. The molecule has 1 amide bonds. The van der Waals surface area contributed by atoms with E-state index in [1.165, 1.54) is 32.1 Å². The number of nitrogens with zero attached hydrogens (tertiary/aromatic N) is 5. The molecule has 3 fully saturated rings. The average Bonchev–Trinajstić information content (AvgIpc) is 3.36. The number of halogens is 1. The topological polar surface area (TPSA) is 127 Å². The molecule has 1 unspecified atom stereocenters. The summed E-state index contributed by atoms with van der Waals surface area (Å²) in [6.45, 7) is 4.20. The maximum absolute atomic E-state index is 13.9. The van der Waals surface area contributed by atoms with Crippen molar-refractivity contribution in [2.45, 2.75) is 87.6 Å². The normalized spacial score (nSPS) is 24.6. The minimum absolute atomic E-state index is 0.125. The predicted octanol–water partition coefficient (Wildman–Crippen LogP) is 4.40. The summed E-state index contributed by atoms with van der Waals surface area (Å²) >= 11 is 6.39. The highest BCUT2D eigenvalue weighted by atomic mass is 35.5. The van der Waals surface area contributed by atoms with E-state index in [9.17, 15) is 9.35 Å². The van der Waals surface area contributed by atoms with Gasteiger partial charge in [-0.15, -0.1) is 11.6 Å². The molecule has 0 bridgehead atoms. The minimum Gasteiger partial charge on any atom is -0.616 e. The third-order valence-electron chi connectivity index (χ3n) is 9.89. The molecular weight excluding hydrogens is 572 g/mol. The van der Waals surface area contributed by atoms with Crippen molar-refractivity contribution in [1.82, 2.24) is 19.7 Å². The first kappa shape index (κ1) is 29.8. The molecule has 1 atom stereocenters. The van der Waals surface area contributed by atoms with Gasteiger partial charge in [-0.05, 0) is 31.7 Å². The molecule has 3 aliphatic heterocycles. The van der Waals surface area contributed by atoms with Crippen molar-refractivity contribution in [2.24, 2.45) is 0 Å². The van der Waals surface area contributed by atoms with Gasteiger partial charge in [0, 0.05) is 45.0 Å². The van der Waals surface area contributed by atoms with Gasteiger partial charge in [0.15, 0.2) is 5.82 Å². The monoisotopic (exact) mass is 616 g/mol. The van der Waals surface area contributed by atoms with E-state index in [2.05, 4.69) is 25.4 Å². The van der Waals surface area contributed by atoms with E-state index in [1.54, 1.807) is 12.4 Å². The van der Waals surface area contributed by atoms with E-state index in [0.717, 1.165) is 81.9 Å². The number of amides is 1. The van der Waals surface area contributed by atoms with E-state index in [-0.39, 0.29) is 22.6 Å². The molecule has 5 heterocycles. The highest BCUT2D eigenvalue weighted by Crippen LogP contribution is 2.44. The number of alkyl halides is 1. The number of carbonyl (C=O) groups excluding carboxylic acids is 1. The van der Waals surface area contributed by atoms with Crippen molar-refractivity contribution in [1.29, 1.82) is 0 Å². The summed E-state index contributed by atoms with van der Waals surface area (Å²) in [4.78, 5) is 23.0. The number of fused-ring (bicyclic) bond motifs is 2. The summed E-state index contributed by atoms with van der Waals surface area (Å²) < 4.78 is 13.8. The molecule has 2 saturated heterocycles. The Morgan fingerprint density at radius 3 is 2.43 bits per heavy atom. The lowest BCUT2D eigenvalue weighted by Crippen LogP contribution is -2.50. The van der Waals surface area contributed by atoms with Gasteiger partial charge in [0.2, 0.25) is 0 Å². The number of nitrogen functional groups attached to an aromatic ring is 1. The van der Waals surface area contributed by atoms with Crippen LogP contribution >= 0.6 is 11.6 Å². The smallest absolute Gasteiger partial charge is 0.263 e. The highest BCUT2D eigenvalue weighted by Gasteiger charge is 2.46. The Hall–Kier alpha value is -2.21. The molecule has 1 aliphatic carbocycles. The van der Waals surface area contributed by atoms with Crippen LogP contribution < -0.4 is 21.3 Å². The summed E-state index contributed by atoms with van der Waals surface area (Å²) in [7, 11) is 0. The quantitative estimate of drug-likeness (QED) is 0.341. The number of piperidine rings is 1. The number of nitrogens with one attached hydrogen (secondary N) is 2. The van der Waals surface area contributed by atoms with Crippen LogP contribution in [0.25, 0.3) is 0 Å². The Morgan fingerprint density at radius 2 is 1.74 bits per heavy atom. The van der Waals surface area contributed by atoms with Crippen molar-refractivity contribution in [3.63, 3.8) is 0 Å². The number of nitrogens with two attached hydrogens (primary N) is 1. The molecule has 12 heteroatoms. The van der Waals surface area contributed by atoms with Crippen LogP contribution in [0, 0.1) is 0 Å². The largest absolute Gasteiger partial charge is 0.616 e. The first-order chi connectivity index (χ1) is 20.5. The van der Waals surface area contributed by atoms with Crippen molar-refractivity contribution in [2.75, 3.05) is 65.5 Å². The first-order valence-corrected chi connectivity index (χ1v) is 17.7. The van der Waals surface area contributed by atoms with Crippen LogP contribution in [-0.2, 0) is 16.7 Å². The van der Waals surface area contributed by atoms with E-state index < -0.39 is 11.2 Å². The Balaban J connectivity index is 1.19. The number of rotatable bonds is 4. The standard InChI is InChI=1S/C30H45ClN8O2S/c31-25-21-34-28-26(27(32)36-39(28)30(25)11-6-4-2-1-3-5-7-12-30)29(40)35-23-20-33-13-8-24(23)38-14-9-22(10-15-38)37-16-18-42(41)19-17-37/h8,13,20,22,25,34H,1-7,9-12,14-19,21H2,(H2,32,36)(H,35,40). The van der Waals surface area contributed by atoms with Crippen molar-refractivity contribution in [3.8, 4) is 0 Å². The lowest BCUT2D eigenvalue weighted by molar-refractivity contribution is 0.102. The van der Waals surface area contributed by atoms with Gasteiger partial charge in [-0.25, -0.2) is 4.68 Å². The summed E-state index contributed by atoms with van der Waals surface area (Å²) in [6, 6.07) is 2.49. The highest BCUT2D eigenvalue weighted by molar-refractivity contribution is 7.91. The van der Waals surface area contributed by atoms with Crippen LogP contribution in [0.3, 0.4) is 0 Å². The molecule has 6 rings (SSSR count). The van der Waals surface area contributed by atoms with Crippen molar-refractivity contribution >= 4 is 51.7 Å². The van der Waals surface area contributed by atoms with Crippen molar-refractivity contribution in [3.05, 3.63) is 24.0 Å². The second kappa shape index (κ2) is 13.2. The number of anilines is 4. The molecule has 10 nitrogen and oxygen atoms in total. The summed E-state index contributed by atoms with van der Waals surface area (Å²) in [5.41, 5.74) is 8.16. The van der Waals surface area contributed by atoms with Gasteiger partial charge in [0.05, 0.1) is 28.5 Å². The fourth-order valence-corrected chi connectivity index (χ4v) is 8.95. The average molecular weight is 617 g/mol. The van der Waals surface area contributed by atoms with Gasteiger partial charge in [-0.3, -0.25) is 14.7 Å². The third-order valence-corrected chi connectivity index (χ3v) is 11.7. The summed E-state index contributed by atoms with van der Waals surface area (Å²) in [6.07, 6.45) is 15.9. The van der Waals surface area contributed by atoms with Gasteiger partial charge < -0.3 is 25.8 Å². The maximum Gasteiger partial charge on any atom is 0.263 e. The lowest BCUT2D eigenvalue weighted by atomic mass is 9.81. The second-order valence-electron chi connectivity index (χ2n) is 12.4. The molecule has 2 aromatic rings. The van der Waals surface area contributed by atoms with Crippen LogP contribution in [0.2, 0.25) is 0 Å². The Labute approximate surface area is 257 Å². The minimum atomic E-state index is -0.660. The SMILES string of the molecule is Nc1nn2c(c1C(=O)Nc1cnccc1N1CCC(N3CC[S+]([O-])CC3)CC1)NCC(Cl)C21CCCCCCCCC1. The zero-order valence-electron chi connectivity index (χ0n) is 24.5. The molecule has 42 heavy (non-hydrogen) atoms. The Kier molecular flexibility index (Phi) is 9.38. The van der Waals surface area contributed by atoms with E-state index in [4.69, 9.17) is 22.4 Å². The van der Waals surface area contributed by atoms with Crippen LogP contribution in [-0.4, -0.2) is 85.8 Å². The number of hydrogen-bond acceptors (Lipinski definition) is 8. The Morgan fingerprint density at radius 1 is 1.07 bits per heavy atom.